The van der Waals surface area contributed by atoms with Crippen molar-refractivity contribution in [3.63, 3.8) is 0 Å². The van der Waals surface area contributed by atoms with Gasteiger partial charge in [-0.2, -0.15) is 0 Å². The molecule has 2 heterocycles. The van der Waals surface area contributed by atoms with Crippen LogP contribution in [0.15, 0.2) is 65.7 Å². The van der Waals surface area contributed by atoms with E-state index in [-0.39, 0.29) is 29.8 Å². The van der Waals surface area contributed by atoms with Gasteiger partial charge in [-0.3, -0.25) is 19.0 Å². The molecule has 4 aromatic rings. The molecule has 2 aromatic heterocycles. The number of hydrogen-bond donors (Lipinski definition) is 2. The largest absolute Gasteiger partial charge is 0.324 e. The lowest BCUT2D eigenvalue weighted by Crippen LogP contribution is -2.28. The first-order valence-corrected chi connectivity index (χ1v) is 11.4. The van der Waals surface area contributed by atoms with E-state index >= 15 is 0 Å². The van der Waals surface area contributed by atoms with E-state index in [2.05, 4.69) is 29.5 Å². The van der Waals surface area contributed by atoms with Crippen LogP contribution in [0.3, 0.4) is 0 Å². The van der Waals surface area contributed by atoms with Crippen molar-refractivity contribution in [1.82, 2.24) is 9.55 Å². The van der Waals surface area contributed by atoms with Gasteiger partial charge in [-0.15, -0.1) is 11.3 Å². The van der Waals surface area contributed by atoms with Crippen LogP contribution < -0.4 is 16.2 Å². The van der Waals surface area contributed by atoms with Gasteiger partial charge in [-0.1, -0.05) is 50.2 Å². The Bertz CT molecular complexity index is 1390. The number of hydrogen-bond acceptors (Lipinski definition) is 5. The number of carbonyl (C=O) groups excluding carboxylic acids is 2. The second kappa shape index (κ2) is 9.38. The lowest BCUT2D eigenvalue weighted by atomic mass is 10.0. The van der Waals surface area contributed by atoms with Gasteiger partial charge < -0.3 is 10.6 Å². The first-order valence-electron chi connectivity index (χ1n) is 10.6. The smallest absolute Gasteiger partial charge is 0.266 e. The third kappa shape index (κ3) is 4.70. The molecule has 0 saturated carbocycles. The molecule has 8 heteroatoms. The maximum atomic E-state index is 13.1. The summed E-state index contributed by atoms with van der Waals surface area (Å²) in [6.07, 6.45) is 1.35. The molecule has 7 nitrogen and oxygen atoms in total. The molecular weight excluding hydrogens is 436 g/mol. The van der Waals surface area contributed by atoms with Crippen LogP contribution in [0.2, 0.25) is 0 Å². The van der Waals surface area contributed by atoms with Crippen molar-refractivity contribution in [1.29, 1.82) is 0 Å². The Labute approximate surface area is 195 Å². The highest BCUT2D eigenvalue weighted by atomic mass is 32.1. The average molecular weight is 461 g/mol. The number of nitrogens with one attached hydrogen (secondary N) is 2. The van der Waals surface area contributed by atoms with Gasteiger partial charge in [0.25, 0.3) is 11.5 Å². The fraction of sp³-hybridized carbons (Fsp3) is 0.200. The van der Waals surface area contributed by atoms with Crippen molar-refractivity contribution in [3.05, 3.63) is 87.3 Å². The molecule has 0 aliphatic carbocycles. The molecule has 0 bridgehead atoms. The fourth-order valence-electron chi connectivity index (χ4n) is 3.66. The lowest BCUT2D eigenvalue weighted by molar-refractivity contribution is -0.116. The summed E-state index contributed by atoms with van der Waals surface area (Å²) in [5.41, 5.74) is 2.63. The van der Waals surface area contributed by atoms with Crippen molar-refractivity contribution in [2.24, 2.45) is 0 Å². The number of carbonyl (C=O) groups is 2. The minimum Gasteiger partial charge on any atom is -0.324 e. The van der Waals surface area contributed by atoms with Crippen LogP contribution >= 0.6 is 11.3 Å². The topological polar surface area (TPSA) is 93.1 Å². The molecule has 2 amide bonds. The second-order valence-corrected chi connectivity index (χ2v) is 9.02. The van der Waals surface area contributed by atoms with Crippen LogP contribution in [0.1, 0.15) is 40.6 Å². The summed E-state index contributed by atoms with van der Waals surface area (Å²) in [4.78, 5) is 43.8. The van der Waals surface area contributed by atoms with Gasteiger partial charge >= 0.3 is 0 Å². The third-order valence-corrected chi connectivity index (χ3v) is 6.52. The maximum Gasteiger partial charge on any atom is 0.266 e. The molecule has 0 radical (unpaired) electrons. The van der Waals surface area contributed by atoms with Crippen LogP contribution in [0, 0.1) is 6.92 Å². The molecule has 2 N–H and O–H groups in total. The Balaban J connectivity index is 1.58. The molecule has 0 spiro atoms. The van der Waals surface area contributed by atoms with Gasteiger partial charge in [0.2, 0.25) is 5.91 Å². The van der Waals surface area contributed by atoms with E-state index in [4.69, 9.17) is 0 Å². The monoisotopic (exact) mass is 460 g/mol. The summed E-state index contributed by atoms with van der Waals surface area (Å²) in [7, 11) is 0. The number of fused-ring (bicyclic) bond motifs is 1. The van der Waals surface area contributed by atoms with Crippen molar-refractivity contribution in [3.8, 4) is 0 Å². The normalized spacial score (nSPS) is 11.0. The van der Waals surface area contributed by atoms with Crippen molar-refractivity contribution < 1.29 is 9.59 Å². The average Bonchev–Trinajstić information content (AvgIpc) is 3.14. The third-order valence-electron chi connectivity index (χ3n) is 5.33. The quantitative estimate of drug-likeness (QED) is 0.433. The number of anilines is 2. The van der Waals surface area contributed by atoms with Gasteiger partial charge in [0, 0.05) is 11.4 Å². The van der Waals surface area contributed by atoms with Crippen molar-refractivity contribution in [2.45, 2.75) is 33.2 Å². The van der Waals surface area contributed by atoms with Crippen LogP contribution in [0.4, 0.5) is 11.4 Å². The molecule has 0 aliphatic heterocycles. The van der Waals surface area contributed by atoms with Gasteiger partial charge in [0.1, 0.15) is 11.4 Å². The Morgan fingerprint density at radius 2 is 1.73 bits per heavy atom. The van der Waals surface area contributed by atoms with E-state index in [1.165, 1.54) is 10.9 Å². The second-order valence-electron chi connectivity index (χ2n) is 8.02. The number of rotatable bonds is 6. The minimum atomic E-state index is -0.347. The summed E-state index contributed by atoms with van der Waals surface area (Å²) in [5.74, 6) is -0.367. The standard InChI is InChI=1S/C25H24N4O3S/c1-15(2)18-11-7-8-12-19(18)28-20(30)13-29-14-26-24-21(25(29)32)16(3)22(33-24)23(31)27-17-9-5-4-6-10-17/h4-12,14-15H,13H2,1-3H3,(H,27,31)(H,28,30). The number of amides is 2. The number of para-hydroxylation sites is 2. The highest BCUT2D eigenvalue weighted by molar-refractivity contribution is 7.20. The molecule has 33 heavy (non-hydrogen) atoms. The lowest BCUT2D eigenvalue weighted by Gasteiger charge is -2.14. The molecular formula is C25H24N4O3S. The van der Waals surface area contributed by atoms with Crippen molar-refractivity contribution >= 4 is 44.7 Å². The van der Waals surface area contributed by atoms with Crippen molar-refractivity contribution in [2.75, 3.05) is 10.6 Å². The van der Waals surface area contributed by atoms with Crippen LogP contribution in [0.25, 0.3) is 10.2 Å². The van der Waals surface area contributed by atoms with E-state index < -0.39 is 0 Å². The predicted octanol–water partition coefficient (Wildman–Crippen LogP) is 4.78. The highest BCUT2D eigenvalue weighted by Gasteiger charge is 2.20. The Kier molecular flexibility index (Phi) is 6.37. The summed E-state index contributed by atoms with van der Waals surface area (Å²) in [6.45, 7) is 5.66. The van der Waals surface area contributed by atoms with E-state index in [0.29, 0.717) is 26.3 Å². The zero-order valence-electron chi connectivity index (χ0n) is 18.6. The first-order chi connectivity index (χ1) is 15.8. The summed E-state index contributed by atoms with van der Waals surface area (Å²) in [5, 5.41) is 6.09. The van der Waals surface area contributed by atoms with Gasteiger partial charge in [-0.05, 0) is 42.2 Å². The van der Waals surface area contributed by atoms with E-state index in [9.17, 15) is 14.4 Å². The van der Waals surface area contributed by atoms with Crippen LogP contribution in [-0.2, 0) is 11.3 Å². The number of nitrogens with zero attached hydrogens (tertiary/aromatic N) is 2. The summed E-state index contributed by atoms with van der Waals surface area (Å²) >= 11 is 1.16. The zero-order chi connectivity index (χ0) is 23.5. The fourth-order valence-corrected chi connectivity index (χ4v) is 4.69. The summed E-state index contributed by atoms with van der Waals surface area (Å²) in [6, 6.07) is 16.7. The Morgan fingerprint density at radius 1 is 1.03 bits per heavy atom. The zero-order valence-corrected chi connectivity index (χ0v) is 19.4. The van der Waals surface area contributed by atoms with Gasteiger partial charge in [-0.25, -0.2) is 4.98 Å². The number of thiophene rings is 1. The molecule has 0 fully saturated rings. The first kappa shape index (κ1) is 22.4. The Morgan fingerprint density at radius 3 is 2.45 bits per heavy atom. The molecule has 0 saturated heterocycles. The van der Waals surface area contributed by atoms with E-state index in [1.54, 1.807) is 19.1 Å². The molecule has 4 rings (SSSR count). The molecule has 0 atom stereocenters. The van der Waals surface area contributed by atoms with E-state index in [0.717, 1.165) is 22.6 Å². The van der Waals surface area contributed by atoms with Crippen LogP contribution in [0.5, 0.6) is 0 Å². The highest BCUT2D eigenvalue weighted by Crippen LogP contribution is 2.28. The molecule has 2 aromatic carbocycles. The predicted molar refractivity (Wildman–Crippen MR) is 132 cm³/mol. The Hall–Kier alpha value is -3.78. The minimum absolute atomic E-state index is 0.172. The molecule has 168 valence electrons. The number of aryl methyl sites for hydroxylation is 1. The maximum absolute atomic E-state index is 13.1. The molecule has 0 unspecified atom stereocenters. The molecule has 0 aliphatic rings. The summed E-state index contributed by atoms with van der Waals surface area (Å²) < 4.78 is 1.27. The number of benzene rings is 2. The number of aromatic nitrogens is 2. The van der Waals surface area contributed by atoms with Gasteiger partial charge in [0.15, 0.2) is 0 Å². The SMILES string of the molecule is Cc1c(C(=O)Nc2ccccc2)sc2ncn(CC(=O)Nc3ccccc3C(C)C)c(=O)c12. The van der Waals surface area contributed by atoms with E-state index in [1.807, 2.05) is 42.5 Å². The van der Waals surface area contributed by atoms with Gasteiger partial charge in [0.05, 0.1) is 16.6 Å². The van der Waals surface area contributed by atoms with Crippen LogP contribution in [-0.4, -0.2) is 21.4 Å².